The van der Waals surface area contributed by atoms with Gasteiger partial charge in [-0.25, -0.2) is 0 Å². The second-order valence-corrected chi connectivity index (χ2v) is 8.82. The lowest BCUT2D eigenvalue weighted by atomic mass is 10.1. The van der Waals surface area contributed by atoms with Crippen LogP contribution in [0.3, 0.4) is 0 Å². The van der Waals surface area contributed by atoms with E-state index in [9.17, 15) is 9.59 Å². The largest absolute Gasteiger partial charge is 0.497 e. The van der Waals surface area contributed by atoms with Crippen LogP contribution in [0.15, 0.2) is 77.3 Å². The highest BCUT2D eigenvalue weighted by atomic mass is 79.9. The molecule has 3 aromatic carbocycles. The minimum atomic E-state index is -0.0456. The minimum Gasteiger partial charge on any atom is -0.497 e. The SMILES string of the molecule is COc1ccc(C(=O)N2CCN(c3ccc(NC(=O)Cc4ccc(Br)cc4)cc3)CC2)cc1. The molecule has 7 heteroatoms. The van der Waals surface area contributed by atoms with Crippen molar-refractivity contribution in [1.82, 2.24) is 4.90 Å². The topological polar surface area (TPSA) is 61.9 Å². The van der Waals surface area contributed by atoms with Crippen LogP contribution in [0, 0.1) is 0 Å². The number of hydrogen-bond acceptors (Lipinski definition) is 4. The van der Waals surface area contributed by atoms with Crippen LogP contribution >= 0.6 is 15.9 Å². The maximum atomic E-state index is 12.8. The molecule has 1 fully saturated rings. The Labute approximate surface area is 202 Å². The van der Waals surface area contributed by atoms with E-state index in [-0.39, 0.29) is 11.8 Å². The predicted octanol–water partition coefficient (Wildman–Crippen LogP) is 4.60. The maximum Gasteiger partial charge on any atom is 0.253 e. The van der Waals surface area contributed by atoms with Gasteiger partial charge in [-0.05, 0) is 66.2 Å². The molecule has 0 spiro atoms. The van der Waals surface area contributed by atoms with E-state index >= 15 is 0 Å². The number of halogens is 1. The zero-order chi connectivity index (χ0) is 23.2. The Morgan fingerprint density at radius 1 is 0.879 bits per heavy atom. The number of carbonyl (C=O) groups excluding carboxylic acids is 2. The molecule has 6 nitrogen and oxygen atoms in total. The first kappa shape index (κ1) is 22.9. The maximum absolute atomic E-state index is 12.8. The Balaban J connectivity index is 1.28. The number of amides is 2. The summed E-state index contributed by atoms with van der Waals surface area (Å²) in [7, 11) is 1.61. The van der Waals surface area contributed by atoms with Crippen molar-refractivity contribution in [3.05, 3.63) is 88.4 Å². The lowest BCUT2D eigenvalue weighted by molar-refractivity contribution is -0.115. The first-order chi connectivity index (χ1) is 16.0. The molecule has 0 bridgehead atoms. The van der Waals surface area contributed by atoms with Crippen LogP contribution in [0.2, 0.25) is 0 Å². The van der Waals surface area contributed by atoms with Crippen molar-refractivity contribution >= 4 is 39.1 Å². The number of benzene rings is 3. The van der Waals surface area contributed by atoms with Gasteiger partial charge in [0.1, 0.15) is 5.75 Å². The summed E-state index contributed by atoms with van der Waals surface area (Å²) in [6, 6.07) is 22.8. The first-order valence-electron chi connectivity index (χ1n) is 10.8. The summed E-state index contributed by atoms with van der Waals surface area (Å²) in [6.45, 7) is 2.85. The fourth-order valence-electron chi connectivity index (χ4n) is 3.83. The molecule has 0 aliphatic carbocycles. The van der Waals surface area contributed by atoms with Crippen molar-refractivity contribution in [2.75, 3.05) is 43.5 Å². The number of carbonyl (C=O) groups is 2. The molecule has 0 radical (unpaired) electrons. The minimum absolute atomic E-state index is 0.0427. The smallest absolute Gasteiger partial charge is 0.253 e. The monoisotopic (exact) mass is 507 g/mol. The molecule has 1 aliphatic heterocycles. The van der Waals surface area contributed by atoms with Gasteiger partial charge >= 0.3 is 0 Å². The number of rotatable bonds is 6. The molecule has 1 heterocycles. The second kappa shape index (κ2) is 10.5. The third-order valence-electron chi connectivity index (χ3n) is 5.70. The fraction of sp³-hybridized carbons (Fsp3) is 0.231. The summed E-state index contributed by atoms with van der Waals surface area (Å²) in [5.74, 6) is 0.737. The third-order valence-corrected chi connectivity index (χ3v) is 6.23. The Morgan fingerprint density at radius 3 is 2.12 bits per heavy atom. The lowest BCUT2D eigenvalue weighted by Crippen LogP contribution is -2.48. The van der Waals surface area contributed by atoms with E-state index in [0.717, 1.165) is 40.2 Å². The molecule has 0 atom stereocenters. The molecule has 2 amide bonds. The molecule has 3 aromatic rings. The number of hydrogen-bond donors (Lipinski definition) is 1. The molecular formula is C26H26BrN3O3. The zero-order valence-electron chi connectivity index (χ0n) is 18.5. The van der Waals surface area contributed by atoms with Crippen molar-refractivity contribution in [3.63, 3.8) is 0 Å². The van der Waals surface area contributed by atoms with Gasteiger partial charge in [-0.1, -0.05) is 28.1 Å². The van der Waals surface area contributed by atoms with E-state index in [1.54, 1.807) is 19.2 Å². The number of nitrogens with zero attached hydrogens (tertiary/aromatic N) is 2. The highest BCUT2D eigenvalue weighted by Gasteiger charge is 2.22. The molecule has 33 heavy (non-hydrogen) atoms. The van der Waals surface area contributed by atoms with E-state index in [1.807, 2.05) is 65.6 Å². The summed E-state index contributed by atoms with van der Waals surface area (Å²) in [5.41, 5.74) is 3.49. The average molecular weight is 508 g/mol. The highest BCUT2D eigenvalue weighted by Crippen LogP contribution is 2.21. The Morgan fingerprint density at radius 2 is 1.52 bits per heavy atom. The van der Waals surface area contributed by atoms with Gasteiger partial charge in [0.25, 0.3) is 5.91 Å². The molecule has 0 aromatic heterocycles. The third kappa shape index (κ3) is 5.93. The van der Waals surface area contributed by atoms with Crippen molar-refractivity contribution < 1.29 is 14.3 Å². The normalized spacial score (nSPS) is 13.5. The summed E-state index contributed by atoms with van der Waals surface area (Å²) in [6.07, 6.45) is 0.333. The highest BCUT2D eigenvalue weighted by molar-refractivity contribution is 9.10. The number of anilines is 2. The van der Waals surface area contributed by atoms with Gasteiger partial charge < -0.3 is 19.9 Å². The number of nitrogens with one attached hydrogen (secondary N) is 1. The molecule has 4 rings (SSSR count). The lowest BCUT2D eigenvalue weighted by Gasteiger charge is -2.36. The van der Waals surface area contributed by atoms with Crippen molar-refractivity contribution in [2.24, 2.45) is 0 Å². The van der Waals surface area contributed by atoms with Gasteiger partial charge in [0, 0.05) is 47.6 Å². The Bertz CT molecular complexity index is 1090. The number of piperazine rings is 1. The molecule has 0 saturated carbocycles. The quantitative estimate of drug-likeness (QED) is 0.529. The van der Waals surface area contributed by atoms with Crippen LogP contribution in [0.1, 0.15) is 15.9 Å². The van der Waals surface area contributed by atoms with E-state index in [1.165, 1.54) is 0 Å². The van der Waals surface area contributed by atoms with Crippen molar-refractivity contribution in [1.29, 1.82) is 0 Å². The standard InChI is InChI=1S/C26H26BrN3O3/c1-33-24-12-4-20(5-13-24)26(32)30-16-14-29(15-17-30)23-10-8-22(9-11-23)28-25(31)18-19-2-6-21(27)7-3-19/h2-13H,14-18H2,1H3,(H,28,31). The average Bonchev–Trinajstić information content (AvgIpc) is 2.85. The number of methoxy groups -OCH3 is 1. The van der Waals surface area contributed by atoms with E-state index < -0.39 is 0 Å². The molecule has 1 aliphatic rings. The van der Waals surface area contributed by atoms with Gasteiger partial charge in [-0.2, -0.15) is 0 Å². The van der Waals surface area contributed by atoms with Crippen LogP contribution in [0.25, 0.3) is 0 Å². The predicted molar refractivity (Wildman–Crippen MR) is 134 cm³/mol. The van der Waals surface area contributed by atoms with Gasteiger partial charge in [-0.3, -0.25) is 9.59 Å². The molecule has 170 valence electrons. The van der Waals surface area contributed by atoms with Crippen molar-refractivity contribution in [2.45, 2.75) is 6.42 Å². The second-order valence-electron chi connectivity index (χ2n) is 7.91. The molecular weight excluding hydrogens is 482 g/mol. The summed E-state index contributed by atoms with van der Waals surface area (Å²) in [5, 5.41) is 2.95. The van der Waals surface area contributed by atoms with Crippen LogP contribution in [-0.2, 0) is 11.2 Å². The van der Waals surface area contributed by atoms with Crippen LogP contribution in [-0.4, -0.2) is 50.0 Å². The van der Waals surface area contributed by atoms with E-state index in [2.05, 4.69) is 26.1 Å². The van der Waals surface area contributed by atoms with E-state index in [4.69, 9.17) is 4.74 Å². The van der Waals surface area contributed by atoms with Crippen LogP contribution in [0.5, 0.6) is 5.75 Å². The first-order valence-corrected chi connectivity index (χ1v) is 11.6. The van der Waals surface area contributed by atoms with Crippen molar-refractivity contribution in [3.8, 4) is 5.75 Å². The van der Waals surface area contributed by atoms with Gasteiger partial charge in [0.2, 0.25) is 5.91 Å². The molecule has 0 unspecified atom stereocenters. The zero-order valence-corrected chi connectivity index (χ0v) is 20.0. The van der Waals surface area contributed by atoms with Crippen LogP contribution in [0.4, 0.5) is 11.4 Å². The van der Waals surface area contributed by atoms with Gasteiger partial charge in [-0.15, -0.1) is 0 Å². The molecule has 1 N–H and O–H groups in total. The summed E-state index contributed by atoms with van der Waals surface area (Å²) < 4.78 is 6.15. The Hall–Kier alpha value is -3.32. The molecule has 1 saturated heterocycles. The number of ether oxygens (including phenoxy) is 1. The summed E-state index contributed by atoms with van der Waals surface area (Å²) >= 11 is 3.40. The van der Waals surface area contributed by atoms with Gasteiger partial charge in [0.05, 0.1) is 13.5 Å². The van der Waals surface area contributed by atoms with Crippen LogP contribution < -0.4 is 15.0 Å². The summed E-state index contributed by atoms with van der Waals surface area (Å²) in [4.78, 5) is 29.2. The Kier molecular flexibility index (Phi) is 7.29. The fourth-order valence-corrected chi connectivity index (χ4v) is 4.10. The van der Waals surface area contributed by atoms with Gasteiger partial charge in [0.15, 0.2) is 0 Å². The van der Waals surface area contributed by atoms with E-state index in [0.29, 0.717) is 25.1 Å².